The molecule has 0 bridgehead atoms. The number of hydrogen-bond donors (Lipinski definition) is 1. The number of aryl methyl sites for hydroxylation is 1. The SMILES string of the molecule is C=C(C)C(=O)OCCCCCCc1ccccc1N. The van der Waals surface area contributed by atoms with Gasteiger partial charge in [-0.05, 0) is 37.8 Å². The van der Waals surface area contributed by atoms with E-state index in [-0.39, 0.29) is 5.97 Å². The zero-order valence-corrected chi connectivity index (χ0v) is 11.7. The number of esters is 1. The van der Waals surface area contributed by atoms with Gasteiger partial charge in [-0.1, -0.05) is 37.6 Å². The van der Waals surface area contributed by atoms with Crippen molar-refractivity contribution in [2.75, 3.05) is 12.3 Å². The van der Waals surface area contributed by atoms with Gasteiger partial charge in [0.05, 0.1) is 6.61 Å². The molecular formula is C16H23NO2. The molecule has 3 nitrogen and oxygen atoms in total. The highest BCUT2D eigenvalue weighted by atomic mass is 16.5. The molecule has 0 spiro atoms. The fourth-order valence-corrected chi connectivity index (χ4v) is 1.82. The van der Waals surface area contributed by atoms with Crippen LogP contribution >= 0.6 is 0 Å². The molecule has 0 radical (unpaired) electrons. The van der Waals surface area contributed by atoms with E-state index in [1.807, 2.05) is 18.2 Å². The Morgan fingerprint density at radius 1 is 1.21 bits per heavy atom. The zero-order chi connectivity index (χ0) is 14.1. The fourth-order valence-electron chi connectivity index (χ4n) is 1.82. The Bertz CT molecular complexity index is 427. The summed E-state index contributed by atoms with van der Waals surface area (Å²) in [5.74, 6) is -0.294. The van der Waals surface area contributed by atoms with Crippen LogP contribution in [0.25, 0.3) is 0 Å². The van der Waals surface area contributed by atoms with Crippen molar-refractivity contribution in [1.29, 1.82) is 0 Å². The number of carbonyl (C=O) groups excluding carboxylic acids is 1. The summed E-state index contributed by atoms with van der Waals surface area (Å²) in [4.78, 5) is 11.1. The van der Waals surface area contributed by atoms with E-state index in [0.717, 1.165) is 37.8 Å². The van der Waals surface area contributed by atoms with E-state index in [1.54, 1.807) is 6.92 Å². The number of unbranched alkanes of at least 4 members (excludes halogenated alkanes) is 3. The van der Waals surface area contributed by atoms with Gasteiger partial charge in [-0.2, -0.15) is 0 Å². The number of ether oxygens (including phenoxy) is 1. The van der Waals surface area contributed by atoms with Gasteiger partial charge < -0.3 is 10.5 Å². The minimum Gasteiger partial charge on any atom is -0.462 e. The van der Waals surface area contributed by atoms with Crippen molar-refractivity contribution in [3.05, 3.63) is 42.0 Å². The first-order valence-electron chi connectivity index (χ1n) is 6.77. The Hall–Kier alpha value is -1.77. The van der Waals surface area contributed by atoms with E-state index >= 15 is 0 Å². The summed E-state index contributed by atoms with van der Waals surface area (Å²) in [6.07, 6.45) is 5.22. The second-order valence-electron chi connectivity index (χ2n) is 4.78. The molecule has 0 aliphatic rings. The monoisotopic (exact) mass is 261 g/mol. The summed E-state index contributed by atoms with van der Waals surface area (Å²) in [6.45, 7) is 5.68. The Balaban J connectivity index is 2.05. The third-order valence-corrected chi connectivity index (χ3v) is 2.98. The number of hydrogen-bond acceptors (Lipinski definition) is 3. The predicted molar refractivity (Wildman–Crippen MR) is 78.8 cm³/mol. The first kappa shape index (κ1) is 15.3. The average Bonchev–Trinajstić information content (AvgIpc) is 2.39. The summed E-state index contributed by atoms with van der Waals surface area (Å²) in [5, 5.41) is 0. The number of nitrogen functional groups attached to an aromatic ring is 1. The second kappa shape index (κ2) is 8.35. The van der Waals surface area contributed by atoms with Gasteiger partial charge in [0.15, 0.2) is 0 Å². The lowest BCUT2D eigenvalue weighted by Gasteiger charge is -2.06. The highest BCUT2D eigenvalue weighted by molar-refractivity contribution is 5.86. The van der Waals surface area contributed by atoms with Gasteiger partial charge in [-0.3, -0.25) is 0 Å². The van der Waals surface area contributed by atoms with Gasteiger partial charge in [0.25, 0.3) is 0 Å². The zero-order valence-electron chi connectivity index (χ0n) is 11.7. The molecule has 3 heteroatoms. The Kier molecular flexibility index (Phi) is 6.72. The van der Waals surface area contributed by atoms with Crippen LogP contribution < -0.4 is 5.73 Å². The molecule has 104 valence electrons. The number of nitrogens with two attached hydrogens (primary N) is 1. The summed E-state index contributed by atoms with van der Waals surface area (Å²) < 4.78 is 5.03. The van der Waals surface area contributed by atoms with E-state index in [0.29, 0.717) is 12.2 Å². The average molecular weight is 261 g/mol. The maximum atomic E-state index is 11.1. The lowest BCUT2D eigenvalue weighted by molar-refractivity contribution is -0.139. The van der Waals surface area contributed by atoms with Crippen molar-refractivity contribution < 1.29 is 9.53 Å². The molecule has 0 saturated carbocycles. The molecule has 0 amide bonds. The van der Waals surface area contributed by atoms with Gasteiger partial charge in [0, 0.05) is 11.3 Å². The molecule has 19 heavy (non-hydrogen) atoms. The molecule has 0 saturated heterocycles. The first-order chi connectivity index (χ1) is 9.11. The van der Waals surface area contributed by atoms with Crippen molar-refractivity contribution in [1.82, 2.24) is 0 Å². The van der Waals surface area contributed by atoms with Crippen molar-refractivity contribution >= 4 is 11.7 Å². The summed E-state index contributed by atoms with van der Waals surface area (Å²) >= 11 is 0. The highest BCUT2D eigenvalue weighted by Gasteiger charge is 2.02. The third kappa shape index (κ3) is 6.09. The first-order valence-corrected chi connectivity index (χ1v) is 6.77. The number of benzene rings is 1. The molecule has 0 aromatic heterocycles. The Morgan fingerprint density at radius 2 is 1.89 bits per heavy atom. The molecule has 0 atom stereocenters. The molecule has 0 heterocycles. The van der Waals surface area contributed by atoms with Gasteiger partial charge in [0.1, 0.15) is 0 Å². The van der Waals surface area contributed by atoms with Crippen molar-refractivity contribution in [3.8, 4) is 0 Å². The van der Waals surface area contributed by atoms with E-state index in [4.69, 9.17) is 10.5 Å². The van der Waals surface area contributed by atoms with Crippen LogP contribution in [0.1, 0.15) is 38.2 Å². The van der Waals surface area contributed by atoms with Crippen LogP contribution in [0.15, 0.2) is 36.4 Å². The molecule has 1 aromatic rings. The van der Waals surface area contributed by atoms with E-state index < -0.39 is 0 Å². The quantitative estimate of drug-likeness (QED) is 0.337. The topological polar surface area (TPSA) is 52.3 Å². The van der Waals surface area contributed by atoms with Crippen LogP contribution in [0.5, 0.6) is 0 Å². The normalized spacial score (nSPS) is 10.2. The maximum absolute atomic E-state index is 11.1. The molecule has 0 aliphatic carbocycles. The lowest BCUT2D eigenvalue weighted by atomic mass is 10.0. The maximum Gasteiger partial charge on any atom is 0.333 e. The van der Waals surface area contributed by atoms with Crippen LogP contribution in [0.4, 0.5) is 5.69 Å². The van der Waals surface area contributed by atoms with Gasteiger partial charge in [-0.15, -0.1) is 0 Å². The standard InChI is InChI=1S/C16H23NO2/c1-13(2)16(18)19-12-8-4-3-5-9-14-10-6-7-11-15(14)17/h6-7,10-11H,1,3-5,8-9,12,17H2,2H3. The Labute approximate surface area is 115 Å². The molecule has 0 unspecified atom stereocenters. The fraction of sp³-hybridized carbons (Fsp3) is 0.438. The van der Waals surface area contributed by atoms with Crippen LogP contribution in [-0.4, -0.2) is 12.6 Å². The smallest absolute Gasteiger partial charge is 0.333 e. The molecule has 2 N–H and O–H groups in total. The van der Waals surface area contributed by atoms with Gasteiger partial charge in [0.2, 0.25) is 0 Å². The molecule has 0 fully saturated rings. The van der Waals surface area contributed by atoms with Crippen LogP contribution in [-0.2, 0) is 16.0 Å². The number of carbonyl (C=O) groups is 1. The van der Waals surface area contributed by atoms with E-state index in [2.05, 4.69) is 12.6 Å². The lowest BCUT2D eigenvalue weighted by Crippen LogP contribution is -2.06. The van der Waals surface area contributed by atoms with E-state index in [1.165, 1.54) is 5.56 Å². The van der Waals surface area contributed by atoms with Crippen LogP contribution in [0.3, 0.4) is 0 Å². The molecule has 0 aliphatic heterocycles. The minimum absolute atomic E-state index is 0.294. The number of para-hydroxylation sites is 1. The van der Waals surface area contributed by atoms with Crippen LogP contribution in [0.2, 0.25) is 0 Å². The summed E-state index contributed by atoms with van der Waals surface area (Å²) in [5.41, 5.74) is 8.43. The van der Waals surface area contributed by atoms with E-state index in [9.17, 15) is 4.79 Å². The molecule has 1 rings (SSSR count). The number of rotatable bonds is 8. The van der Waals surface area contributed by atoms with Gasteiger partial charge >= 0.3 is 5.97 Å². The summed E-state index contributed by atoms with van der Waals surface area (Å²) in [7, 11) is 0. The second-order valence-corrected chi connectivity index (χ2v) is 4.78. The third-order valence-electron chi connectivity index (χ3n) is 2.98. The molecular weight excluding hydrogens is 238 g/mol. The van der Waals surface area contributed by atoms with Crippen LogP contribution in [0, 0.1) is 0 Å². The van der Waals surface area contributed by atoms with Gasteiger partial charge in [-0.25, -0.2) is 4.79 Å². The minimum atomic E-state index is -0.294. The molecule has 1 aromatic carbocycles. The van der Waals surface area contributed by atoms with Crippen molar-refractivity contribution in [2.24, 2.45) is 0 Å². The predicted octanol–water partition coefficient (Wildman–Crippen LogP) is 3.49. The van der Waals surface area contributed by atoms with Crippen molar-refractivity contribution in [2.45, 2.75) is 39.0 Å². The summed E-state index contributed by atoms with van der Waals surface area (Å²) in [6, 6.07) is 7.98. The van der Waals surface area contributed by atoms with Crippen molar-refractivity contribution in [3.63, 3.8) is 0 Å². The highest BCUT2D eigenvalue weighted by Crippen LogP contribution is 2.14. The largest absolute Gasteiger partial charge is 0.462 e. The Morgan fingerprint density at radius 3 is 2.58 bits per heavy atom. The number of anilines is 1.